The maximum absolute atomic E-state index is 13.0. The van der Waals surface area contributed by atoms with Gasteiger partial charge in [-0.25, -0.2) is 4.79 Å². The Hall–Kier alpha value is -2.50. The molecule has 5 nitrogen and oxygen atoms in total. The SMILES string of the molecule is CCC(C=C[C@@H]1OC(=O)C=C[C@@H]1C)=C[C@H](C)CC=CC(C)=C[C@@H](C)C(=O)[C@@H](C)[C@H](O)[C@@H](C)CC(C)=CCO. The number of aliphatic hydroxyl groups excluding tert-OH is 2. The van der Waals surface area contributed by atoms with E-state index in [0.29, 0.717) is 12.3 Å². The molecule has 0 aromatic heterocycles. The van der Waals surface area contributed by atoms with Crippen LogP contribution in [0.25, 0.3) is 0 Å². The van der Waals surface area contributed by atoms with Crippen LogP contribution in [0.15, 0.2) is 71.4 Å². The van der Waals surface area contributed by atoms with E-state index in [1.54, 1.807) is 13.0 Å². The molecule has 0 fully saturated rings. The van der Waals surface area contributed by atoms with E-state index in [2.05, 4.69) is 38.2 Å². The Morgan fingerprint density at radius 3 is 2.45 bits per heavy atom. The minimum Gasteiger partial charge on any atom is -0.454 e. The third-order valence-corrected chi connectivity index (χ3v) is 7.19. The molecule has 1 aliphatic heterocycles. The van der Waals surface area contributed by atoms with Gasteiger partial charge in [0, 0.05) is 23.8 Å². The van der Waals surface area contributed by atoms with E-state index in [9.17, 15) is 14.7 Å². The monoisotopic (exact) mass is 526 g/mol. The van der Waals surface area contributed by atoms with E-state index < -0.39 is 12.0 Å². The molecule has 38 heavy (non-hydrogen) atoms. The number of hydrogen-bond acceptors (Lipinski definition) is 5. The van der Waals surface area contributed by atoms with Gasteiger partial charge in [0.05, 0.1) is 12.7 Å². The molecule has 0 radical (unpaired) electrons. The maximum Gasteiger partial charge on any atom is 0.331 e. The number of carbonyl (C=O) groups excluding carboxylic acids is 2. The van der Waals surface area contributed by atoms with Crippen molar-refractivity contribution in [2.45, 2.75) is 86.9 Å². The molecule has 0 saturated carbocycles. The number of aliphatic hydroxyl groups is 2. The molecule has 0 saturated heterocycles. The highest BCUT2D eigenvalue weighted by atomic mass is 16.5. The van der Waals surface area contributed by atoms with E-state index >= 15 is 0 Å². The van der Waals surface area contributed by atoms with Gasteiger partial charge >= 0.3 is 5.97 Å². The van der Waals surface area contributed by atoms with Gasteiger partial charge < -0.3 is 14.9 Å². The smallest absolute Gasteiger partial charge is 0.331 e. The Labute approximate surface area is 230 Å². The van der Waals surface area contributed by atoms with Crippen LogP contribution in [0.3, 0.4) is 0 Å². The molecule has 1 heterocycles. The molecule has 1 aliphatic rings. The van der Waals surface area contributed by atoms with Crippen LogP contribution in [-0.2, 0) is 14.3 Å². The average molecular weight is 527 g/mol. The van der Waals surface area contributed by atoms with Crippen LogP contribution in [0.5, 0.6) is 0 Å². The van der Waals surface area contributed by atoms with Crippen molar-refractivity contribution in [3.8, 4) is 0 Å². The van der Waals surface area contributed by atoms with Gasteiger partial charge in [-0.05, 0) is 51.0 Å². The molecule has 0 aromatic carbocycles. The predicted molar refractivity (Wildman–Crippen MR) is 156 cm³/mol. The van der Waals surface area contributed by atoms with Gasteiger partial charge in [-0.1, -0.05) is 101 Å². The molecule has 0 unspecified atom stereocenters. The van der Waals surface area contributed by atoms with Crippen molar-refractivity contribution in [1.82, 2.24) is 0 Å². The molecule has 1 rings (SSSR count). The number of allylic oxidation sites excluding steroid dienone is 8. The van der Waals surface area contributed by atoms with Crippen molar-refractivity contribution >= 4 is 11.8 Å². The van der Waals surface area contributed by atoms with Crippen LogP contribution < -0.4 is 0 Å². The van der Waals surface area contributed by atoms with Gasteiger partial charge in [0.25, 0.3) is 0 Å². The molecule has 2 N–H and O–H groups in total. The quantitative estimate of drug-likeness (QED) is 0.141. The number of cyclic esters (lactones) is 1. The van der Waals surface area contributed by atoms with E-state index in [1.807, 2.05) is 52.8 Å². The minimum absolute atomic E-state index is 0.0139. The normalized spacial score (nSPS) is 23.4. The van der Waals surface area contributed by atoms with Gasteiger partial charge in [-0.3, -0.25) is 4.79 Å². The lowest BCUT2D eigenvalue weighted by Crippen LogP contribution is -2.34. The number of ketones is 1. The van der Waals surface area contributed by atoms with Gasteiger partial charge in [-0.15, -0.1) is 0 Å². The zero-order valence-corrected chi connectivity index (χ0v) is 24.7. The van der Waals surface area contributed by atoms with E-state index in [4.69, 9.17) is 9.84 Å². The van der Waals surface area contributed by atoms with Crippen molar-refractivity contribution in [3.63, 3.8) is 0 Å². The molecule has 212 valence electrons. The zero-order valence-electron chi connectivity index (χ0n) is 24.7. The van der Waals surface area contributed by atoms with Gasteiger partial charge in [0.2, 0.25) is 0 Å². The summed E-state index contributed by atoms with van der Waals surface area (Å²) in [6.07, 6.45) is 19.0. The Bertz CT molecular complexity index is 948. The summed E-state index contributed by atoms with van der Waals surface area (Å²) in [7, 11) is 0. The third-order valence-electron chi connectivity index (χ3n) is 7.19. The van der Waals surface area contributed by atoms with Crippen LogP contribution in [0.2, 0.25) is 0 Å². The lowest BCUT2D eigenvalue weighted by Gasteiger charge is -2.25. The Morgan fingerprint density at radius 1 is 1.13 bits per heavy atom. The van der Waals surface area contributed by atoms with Crippen LogP contribution in [0.1, 0.15) is 74.7 Å². The fourth-order valence-electron chi connectivity index (χ4n) is 4.72. The van der Waals surface area contributed by atoms with Crippen molar-refractivity contribution in [2.75, 3.05) is 6.61 Å². The second-order valence-corrected chi connectivity index (χ2v) is 11.0. The summed E-state index contributed by atoms with van der Waals surface area (Å²) in [5.74, 6) is -0.570. The maximum atomic E-state index is 13.0. The van der Waals surface area contributed by atoms with Crippen LogP contribution in [0.4, 0.5) is 0 Å². The number of rotatable bonds is 15. The largest absolute Gasteiger partial charge is 0.454 e. The number of ether oxygens (including phenoxy) is 1. The molecule has 7 atom stereocenters. The molecular weight excluding hydrogens is 476 g/mol. The highest BCUT2D eigenvalue weighted by Crippen LogP contribution is 2.24. The summed E-state index contributed by atoms with van der Waals surface area (Å²) in [4.78, 5) is 24.5. The summed E-state index contributed by atoms with van der Waals surface area (Å²) < 4.78 is 5.40. The Balaban J connectivity index is 2.68. The number of carbonyl (C=O) groups is 2. The highest BCUT2D eigenvalue weighted by molar-refractivity contribution is 5.85. The topological polar surface area (TPSA) is 83.8 Å². The third kappa shape index (κ3) is 11.9. The molecule has 0 aliphatic carbocycles. The average Bonchev–Trinajstić information content (AvgIpc) is 2.86. The molecular formula is C33H50O5. The van der Waals surface area contributed by atoms with E-state index in [1.165, 1.54) is 11.6 Å². The van der Waals surface area contributed by atoms with Crippen LogP contribution >= 0.6 is 0 Å². The fraction of sp³-hybridized carbons (Fsp3) is 0.576. The van der Waals surface area contributed by atoms with Crippen molar-refractivity contribution in [1.29, 1.82) is 0 Å². The molecule has 0 aromatic rings. The predicted octanol–water partition coefficient (Wildman–Crippen LogP) is 6.69. The summed E-state index contributed by atoms with van der Waals surface area (Å²) >= 11 is 0. The lowest BCUT2D eigenvalue weighted by molar-refractivity contribution is -0.143. The molecule has 0 bridgehead atoms. The fourth-order valence-corrected chi connectivity index (χ4v) is 4.72. The van der Waals surface area contributed by atoms with Gasteiger partial charge in [-0.2, -0.15) is 0 Å². The molecule has 5 heteroatoms. The van der Waals surface area contributed by atoms with Crippen molar-refractivity contribution in [2.24, 2.45) is 29.6 Å². The first kappa shape index (κ1) is 33.5. The summed E-state index contributed by atoms with van der Waals surface area (Å²) in [6.45, 7) is 15.9. The van der Waals surface area contributed by atoms with Crippen LogP contribution in [-0.4, -0.2) is 40.8 Å². The number of esters is 1. The Morgan fingerprint density at radius 2 is 1.82 bits per heavy atom. The number of Topliss-reactive ketones (excluding diaryl/α,β-unsaturated/α-hetero) is 1. The van der Waals surface area contributed by atoms with Gasteiger partial charge in [0.1, 0.15) is 11.9 Å². The van der Waals surface area contributed by atoms with Crippen molar-refractivity contribution < 1.29 is 24.5 Å². The highest BCUT2D eigenvalue weighted by Gasteiger charge is 2.29. The second-order valence-electron chi connectivity index (χ2n) is 11.0. The first-order valence-electron chi connectivity index (χ1n) is 14.0. The summed E-state index contributed by atoms with van der Waals surface area (Å²) in [5.41, 5.74) is 3.25. The molecule has 0 amide bonds. The van der Waals surface area contributed by atoms with Crippen molar-refractivity contribution in [3.05, 3.63) is 71.4 Å². The number of hydrogen-bond donors (Lipinski definition) is 2. The summed E-state index contributed by atoms with van der Waals surface area (Å²) in [6, 6.07) is 0. The lowest BCUT2D eigenvalue weighted by atomic mass is 9.83. The first-order chi connectivity index (χ1) is 17.9. The van der Waals surface area contributed by atoms with Crippen LogP contribution in [0, 0.1) is 29.6 Å². The summed E-state index contributed by atoms with van der Waals surface area (Å²) in [5, 5.41) is 19.7. The zero-order chi connectivity index (χ0) is 28.8. The standard InChI is InChI=1S/C33H50O5/c1-9-29(14-15-30-25(5)13-16-31(35)38-30)21-23(3)12-10-11-22(2)19-26(6)32(36)28(8)33(37)27(7)20-24(4)17-18-34/h10-11,13-17,19,21,23,25-28,30,33-34,37H,9,12,18,20H2,1-8H3/t23-,25+,26-,27+,28-,30+,33-/m1/s1. The van der Waals surface area contributed by atoms with Gasteiger partial charge in [0.15, 0.2) is 0 Å². The first-order valence-corrected chi connectivity index (χ1v) is 14.0. The second kappa shape index (κ2) is 17.2. The molecule has 0 spiro atoms. The van der Waals surface area contributed by atoms with E-state index in [-0.39, 0.29) is 42.2 Å². The minimum atomic E-state index is -0.726. The van der Waals surface area contributed by atoms with E-state index in [0.717, 1.165) is 24.0 Å². The Kier molecular flexibility index (Phi) is 15.1.